The molecule has 2 heterocycles. The molecule has 2 saturated heterocycles. The van der Waals surface area contributed by atoms with Crippen LogP contribution in [0.25, 0.3) is 0 Å². The molecule has 2 aliphatic heterocycles. The molecule has 0 radical (unpaired) electrons. The second-order valence-electron chi connectivity index (χ2n) is 7.54. The summed E-state index contributed by atoms with van der Waals surface area (Å²) in [6, 6.07) is 8.55. The Morgan fingerprint density at radius 1 is 1.20 bits per heavy atom. The molecule has 0 bridgehead atoms. The highest BCUT2D eigenvalue weighted by Crippen LogP contribution is 2.23. The van der Waals surface area contributed by atoms with Gasteiger partial charge in [-0.3, -0.25) is 4.90 Å². The first kappa shape index (κ1) is 18.1. The van der Waals surface area contributed by atoms with E-state index in [1.165, 1.54) is 25.9 Å². The molecule has 1 aromatic rings. The van der Waals surface area contributed by atoms with E-state index in [0.717, 1.165) is 30.8 Å². The van der Waals surface area contributed by atoms with Gasteiger partial charge in [-0.05, 0) is 70.8 Å². The summed E-state index contributed by atoms with van der Waals surface area (Å²) in [5.41, 5.74) is 1.07. The number of carbonyl (C=O) groups excluding carboxylic acids is 1. The third-order valence-electron chi connectivity index (χ3n) is 5.18. The molecular formula is C20H31N3O2. The summed E-state index contributed by atoms with van der Waals surface area (Å²) in [6.07, 6.45) is 3.84. The molecule has 138 valence electrons. The fourth-order valence-electron chi connectivity index (χ4n) is 3.82. The molecule has 0 spiro atoms. The van der Waals surface area contributed by atoms with Crippen LogP contribution in [0.15, 0.2) is 24.3 Å². The van der Waals surface area contributed by atoms with Crippen LogP contribution in [0.5, 0.6) is 5.75 Å². The van der Waals surface area contributed by atoms with Gasteiger partial charge in [0.2, 0.25) is 0 Å². The van der Waals surface area contributed by atoms with Crippen LogP contribution < -0.4 is 10.1 Å². The van der Waals surface area contributed by atoms with Crippen molar-refractivity contribution in [2.45, 2.75) is 58.2 Å². The number of nitrogens with zero attached hydrogens (tertiary/aromatic N) is 2. The van der Waals surface area contributed by atoms with E-state index in [1.807, 2.05) is 49.9 Å². The zero-order valence-corrected chi connectivity index (χ0v) is 15.7. The molecule has 3 rings (SSSR count). The Hall–Kier alpha value is -1.75. The molecule has 2 atom stereocenters. The lowest BCUT2D eigenvalue weighted by Crippen LogP contribution is -2.42. The number of hydrogen-bond acceptors (Lipinski definition) is 3. The molecule has 5 nitrogen and oxygen atoms in total. The minimum Gasteiger partial charge on any atom is -0.491 e. The van der Waals surface area contributed by atoms with Crippen LogP contribution in [0.3, 0.4) is 0 Å². The lowest BCUT2D eigenvalue weighted by atomic mass is 10.1. The first-order valence-electron chi connectivity index (χ1n) is 9.59. The van der Waals surface area contributed by atoms with Gasteiger partial charge in [-0.25, -0.2) is 4.79 Å². The summed E-state index contributed by atoms with van der Waals surface area (Å²) in [6.45, 7) is 10.2. The summed E-state index contributed by atoms with van der Waals surface area (Å²) in [4.78, 5) is 17.1. The quantitative estimate of drug-likeness (QED) is 0.889. The van der Waals surface area contributed by atoms with E-state index in [9.17, 15) is 4.79 Å². The Labute approximate surface area is 151 Å². The second-order valence-corrected chi connectivity index (χ2v) is 7.54. The Bertz CT molecular complexity index is 584. The number of urea groups is 1. The van der Waals surface area contributed by atoms with Crippen molar-refractivity contribution in [3.8, 4) is 5.75 Å². The summed E-state index contributed by atoms with van der Waals surface area (Å²) >= 11 is 0. The average molecular weight is 345 g/mol. The van der Waals surface area contributed by atoms with Gasteiger partial charge in [0.15, 0.2) is 0 Å². The number of likely N-dealkylation sites (tertiary alicyclic amines) is 2. The lowest BCUT2D eigenvalue weighted by Gasteiger charge is -2.25. The van der Waals surface area contributed by atoms with Gasteiger partial charge in [0, 0.05) is 19.1 Å². The van der Waals surface area contributed by atoms with Crippen LogP contribution in [-0.4, -0.2) is 54.2 Å². The minimum absolute atomic E-state index is 0.0333. The van der Waals surface area contributed by atoms with Crippen molar-refractivity contribution in [1.82, 2.24) is 15.1 Å². The summed E-state index contributed by atoms with van der Waals surface area (Å²) in [5.74, 6) is 0.851. The van der Waals surface area contributed by atoms with E-state index in [4.69, 9.17) is 4.74 Å². The first-order valence-corrected chi connectivity index (χ1v) is 9.59. The third kappa shape index (κ3) is 4.66. The molecule has 0 aromatic heterocycles. The van der Waals surface area contributed by atoms with E-state index in [1.54, 1.807) is 0 Å². The van der Waals surface area contributed by atoms with Crippen LogP contribution in [0, 0.1) is 0 Å². The monoisotopic (exact) mass is 345 g/mol. The van der Waals surface area contributed by atoms with Crippen molar-refractivity contribution in [3.63, 3.8) is 0 Å². The maximum Gasteiger partial charge on any atom is 0.317 e. The lowest BCUT2D eigenvalue weighted by molar-refractivity contribution is 0.195. The first-order chi connectivity index (χ1) is 12.0. The van der Waals surface area contributed by atoms with Gasteiger partial charge < -0.3 is 15.0 Å². The Balaban J connectivity index is 1.54. The predicted molar refractivity (Wildman–Crippen MR) is 99.9 cm³/mol. The van der Waals surface area contributed by atoms with Crippen molar-refractivity contribution in [3.05, 3.63) is 29.8 Å². The zero-order chi connectivity index (χ0) is 17.8. The maximum atomic E-state index is 12.6. The molecule has 2 aliphatic rings. The largest absolute Gasteiger partial charge is 0.491 e. The topological polar surface area (TPSA) is 44.8 Å². The van der Waals surface area contributed by atoms with Gasteiger partial charge in [0.25, 0.3) is 0 Å². The number of rotatable bonds is 5. The van der Waals surface area contributed by atoms with Gasteiger partial charge in [-0.2, -0.15) is 0 Å². The molecule has 2 fully saturated rings. The number of nitrogens with one attached hydrogen (secondary N) is 1. The van der Waals surface area contributed by atoms with E-state index < -0.39 is 0 Å². The Kier molecular flexibility index (Phi) is 5.84. The van der Waals surface area contributed by atoms with Crippen molar-refractivity contribution >= 4 is 6.03 Å². The highest BCUT2D eigenvalue weighted by molar-refractivity contribution is 5.75. The molecular weight excluding hydrogens is 314 g/mol. The van der Waals surface area contributed by atoms with Crippen molar-refractivity contribution < 1.29 is 9.53 Å². The van der Waals surface area contributed by atoms with Crippen LogP contribution in [0.1, 0.15) is 51.6 Å². The number of carbonyl (C=O) groups is 1. The predicted octanol–water partition coefficient (Wildman–Crippen LogP) is 3.41. The van der Waals surface area contributed by atoms with E-state index in [0.29, 0.717) is 6.04 Å². The fraction of sp³-hybridized carbons (Fsp3) is 0.650. The standard InChI is InChI=1S/C20H31N3O2/c1-15(2)25-19-8-6-7-17(13-19)16(3)21-20(24)23-12-9-18(14-23)22-10-4-5-11-22/h6-8,13,15-16,18H,4-5,9-12,14H2,1-3H3,(H,21,24). The van der Waals surface area contributed by atoms with E-state index in [2.05, 4.69) is 10.2 Å². The van der Waals surface area contributed by atoms with Gasteiger partial charge in [-0.1, -0.05) is 12.1 Å². The second kappa shape index (κ2) is 8.09. The van der Waals surface area contributed by atoms with Gasteiger partial charge in [0.1, 0.15) is 5.75 Å². The normalized spacial score (nSPS) is 22.4. The number of benzene rings is 1. The van der Waals surface area contributed by atoms with E-state index in [-0.39, 0.29) is 18.2 Å². The van der Waals surface area contributed by atoms with Crippen LogP contribution in [0.2, 0.25) is 0 Å². The summed E-state index contributed by atoms with van der Waals surface area (Å²) in [7, 11) is 0. The number of hydrogen-bond donors (Lipinski definition) is 1. The number of ether oxygens (including phenoxy) is 1. The number of amides is 2. The zero-order valence-electron chi connectivity index (χ0n) is 15.7. The van der Waals surface area contributed by atoms with Gasteiger partial charge >= 0.3 is 6.03 Å². The molecule has 25 heavy (non-hydrogen) atoms. The highest BCUT2D eigenvalue weighted by Gasteiger charge is 2.31. The maximum absolute atomic E-state index is 12.6. The Morgan fingerprint density at radius 3 is 2.68 bits per heavy atom. The third-order valence-corrected chi connectivity index (χ3v) is 5.18. The van der Waals surface area contributed by atoms with Gasteiger partial charge in [-0.15, -0.1) is 0 Å². The SMILES string of the molecule is CC(C)Oc1cccc(C(C)NC(=O)N2CCC(N3CCCC3)C2)c1. The fourth-order valence-corrected chi connectivity index (χ4v) is 3.82. The van der Waals surface area contributed by atoms with Crippen LogP contribution in [-0.2, 0) is 0 Å². The van der Waals surface area contributed by atoms with Crippen molar-refractivity contribution in [2.24, 2.45) is 0 Å². The molecule has 1 N–H and O–H groups in total. The molecule has 0 aliphatic carbocycles. The van der Waals surface area contributed by atoms with E-state index >= 15 is 0 Å². The molecule has 2 amide bonds. The molecule has 5 heteroatoms. The molecule has 1 aromatic carbocycles. The highest BCUT2D eigenvalue weighted by atomic mass is 16.5. The average Bonchev–Trinajstić information content (AvgIpc) is 3.25. The van der Waals surface area contributed by atoms with Crippen LogP contribution >= 0.6 is 0 Å². The van der Waals surface area contributed by atoms with Crippen molar-refractivity contribution in [1.29, 1.82) is 0 Å². The molecule has 2 unspecified atom stereocenters. The summed E-state index contributed by atoms with van der Waals surface area (Å²) < 4.78 is 5.75. The minimum atomic E-state index is -0.0333. The molecule has 0 saturated carbocycles. The van der Waals surface area contributed by atoms with Crippen LogP contribution in [0.4, 0.5) is 4.79 Å². The summed E-state index contributed by atoms with van der Waals surface area (Å²) in [5, 5.41) is 3.14. The van der Waals surface area contributed by atoms with Crippen molar-refractivity contribution in [2.75, 3.05) is 26.2 Å². The van der Waals surface area contributed by atoms with Gasteiger partial charge in [0.05, 0.1) is 12.1 Å². The Morgan fingerprint density at radius 2 is 1.96 bits per heavy atom. The smallest absolute Gasteiger partial charge is 0.317 e.